The lowest BCUT2D eigenvalue weighted by molar-refractivity contribution is 0.343. The van der Waals surface area contributed by atoms with Crippen LogP contribution >= 0.6 is 15.9 Å². The first-order chi connectivity index (χ1) is 15.9. The maximum Gasteiger partial charge on any atom is 0.267 e. The van der Waals surface area contributed by atoms with Crippen LogP contribution < -0.4 is 5.32 Å². The molecule has 10 heteroatoms. The first-order valence-corrected chi connectivity index (χ1v) is 13.2. The molecule has 1 aromatic carbocycles. The Balaban J connectivity index is 1.58. The molecule has 1 atom stereocenters. The van der Waals surface area contributed by atoms with Gasteiger partial charge in [0.25, 0.3) is 10.0 Å². The molecule has 0 saturated carbocycles. The predicted molar refractivity (Wildman–Crippen MR) is 135 cm³/mol. The quantitative estimate of drug-likeness (QED) is 0.504. The van der Waals surface area contributed by atoms with E-state index in [1.54, 1.807) is 29.4 Å². The molecular weight excluding hydrogens is 501 g/mol. The first-order valence-electron chi connectivity index (χ1n) is 10.9. The molecular formula is C23H23BBrN5O2S. The van der Waals surface area contributed by atoms with Crippen LogP contribution in [0, 0.1) is 0 Å². The van der Waals surface area contributed by atoms with Crippen LogP contribution in [-0.2, 0) is 10.0 Å². The van der Waals surface area contributed by atoms with Gasteiger partial charge in [0.1, 0.15) is 0 Å². The van der Waals surface area contributed by atoms with E-state index >= 15 is 0 Å². The molecule has 2 aromatic heterocycles. The number of aromatic nitrogens is 3. The number of benzene rings is 1. The van der Waals surface area contributed by atoms with Crippen molar-refractivity contribution in [3.8, 4) is 11.3 Å². The van der Waals surface area contributed by atoms with Gasteiger partial charge in [-0.15, -0.1) is 0 Å². The van der Waals surface area contributed by atoms with Crippen molar-refractivity contribution in [3.63, 3.8) is 0 Å². The zero-order valence-electron chi connectivity index (χ0n) is 18.0. The van der Waals surface area contributed by atoms with Gasteiger partial charge in [0, 0.05) is 35.9 Å². The summed E-state index contributed by atoms with van der Waals surface area (Å²) < 4.78 is 29.0. The Morgan fingerprint density at radius 3 is 2.85 bits per heavy atom. The van der Waals surface area contributed by atoms with Gasteiger partial charge < -0.3 is 10.1 Å². The van der Waals surface area contributed by atoms with E-state index in [9.17, 15) is 8.42 Å². The Morgan fingerprint density at radius 2 is 2.06 bits per heavy atom. The van der Waals surface area contributed by atoms with Gasteiger partial charge in [-0.2, -0.15) is 0 Å². The number of nitrogens with one attached hydrogen (secondary N) is 1. The van der Waals surface area contributed by atoms with E-state index in [4.69, 9.17) is 13.0 Å². The molecule has 5 rings (SSSR count). The van der Waals surface area contributed by atoms with Crippen molar-refractivity contribution in [2.45, 2.75) is 31.7 Å². The van der Waals surface area contributed by atoms with Crippen LogP contribution in [-0.4, -0.2) is 54.3 Å². The SMILES string of the molecule is [B]N1CCC[C@@H](Nc2ncc(Br)c(-c3cn(S(=O)(=O)C4=CCCC=C4)c4ccccc34)n2)C1. The summed E-state index contributed by atoms with van der Waals surface area (Å²) in [7, 11) is 2.24. The Kier molecular flexibility index (Phi) is 6.15. The molecule has 168 valence electrons. The minimum atomic E-state index is -3.73. The molecule has 7 nitrogen and oxygen atoms in total. The van der Waals surface area contributed by atoms with Crippen LogP contribution in [0.15, 0.2) is 64.3 Å². The third-order valence-corrected chi connectivity index (χ3v) is 8.28. The second-order valence-electron chi connectivity index (χ2n) is 8.32. The Bertz CT molecular complexity index is 1370. The highest BCUT2D eigenvalue weighted by molar-refractivity contribution is 9.10. The fourth-order valence-electron chi connectivity index (χ4n) is 4.36. The molecule has 1 fully saturated rings. The molecule has 0 bridgehead atoms. The summed E-state index contributed by atoms with van der Waals surface area (Å²) >= 11 is 3.56. The minimum absolute atomic E-state index is 0.157. The van der Waals surface area contributed by atoms with Gasteiger partial charge in [-0.25, -0.2) is 22.4 Å². The summed E-state index contributed by atoms with van der Waals surface area (Å²) in [6.07, 6.45) is 12.3. The molecule has 1 aliphatic carbocycles. The zero-order chi connectivity index (χ0) is 23.0. The van der Waals surface area contributed by atoms with E-state index in [2.05, 4.69) is 26.2 Å². The number of hydrogen-bond acceptors (Lipinski definition) is 6. The molecule has 3 aromatic rings. The number of piperidine rings is 1. The monoisotopic (exact) mass is 523 g/mol. The summed E-state index contributed by atoms with van der Waals surface area (Å²) in [6.45, 7) is 1.60. The number of halogens is 1. The van der Waals surface area contributed by atoms with Crippen LogP contribution in [0.25, 0.3) is 22.2 Å². The van der Waals surface area contributed by atoms with Crippen molar-refractivity contribution in [1.82, 2.24) is 18.8 Å². The lowest BCUT2D eigenvalue weighted by Gasteiger charge is -2.30. The van der Waals surface area contributed by atoms with Crippen molar-refractivity contribution in [2.24, 2.45) is 0 Å². The van der Waals surface area contributed by atoms with Gasteiger partial charge in [-0.3, -0.25) is 0 Å². The average Bonchev–Trinajstić information content (AvgIpc) is 3.21. The van der Waals surface area contributed by atoms with E-state index in [0.29, 0.717) is 33.0 Å². The van der Waals surface area contributed by atoms with Crippen molar-refractivity contribution in [3.05, 3.63) is 64.3 Å². The lowest BCUT2D eigenvalue weighted by Crippen LogP contribution is -2.40. The third-order valence-electron chi connectivity index (χ3n) is 5.98. The molecule has 1 aliphatic heterocycles. The first kappa shape index (κ1) is 22.4. The number of nitrogens with zero attached hydrogens (tertiary/aromatic N) is 4. The van der Waals surface area contributed by atoms with E-state index in [1.807, 2.05) is 30.3 Å². The fourth-order valence-corrected chi connectivity index (χ4v) is 6.25. The van der Waals surface area contributed by atoms with Crippen molar-refractivity contribution >= 4 is 50.8 Å². The van der Waals surface area contributed by atoms with E-state index in [-0.39, 0.29) is 6.04 Å². The number of para-hydroxylation sites is 1. The topological polar surface area (TPSA) is 80.1 Å². The maximum absolute atomic E-state index is 13.5. The highest BCUT2D eigenvalue weighted by Gasteiger charge is 2.25. The molecule has 3 heterocycles. The average molecular weight is 524 g/mol. The molecule has 1 N–H and O–H groups in total. The van der Waals surface area contributed by atoms with E-state index in [1.165, 1.54) is 3.97 Å². The second kappa shape index (κ2) is 9.08. The Hall–Kier alpha value is -2.43. The summed E-state index contributed by atoms with van der Waals surface area (Å²) in [5.41, 5.74) is 1.96. The summed E-state index contributed by atoms with van der Waals surface area (Å²) in [5.74, 6) is 0.492. The Labute approximate surface area is 203 Å². The lowest BCUT2D eigenvalue weighted by atomic mass is 10.0. The highest BCUT2D eigenvalue weighted by Crippen LogP contribution is 2.36. The Morgan fingerprint density at radius 1 is 1.21 bits per heavy atom. The molecule has 2 aliphatic rings. The largest absolute Gasteiger partial charge is 0.352 e. The van der Waals surface area contributed by atoms with E-state index in [0.717, 1.165) is 43.3 Å². The summed E-state index contributed by atoms with van der Waals surface area (Å²) in [6, 6.07) is 7.62. The van der Waals surface area contributed by atoms with Gasteiger partial charge >= 0.3 is 0 Å². The molecule has 2 radical (unpaired) electrons. The fraction of sp³-hybridized carbons (Fsp3) is 0.304. The van der Waals surface area contributed by atoms with Crippen molar-refractivity contribution < 1.29 is 8.42 Å². The molecule has 1 saturated heterocycles. The summed E-state index contributed by atoms with van der Waals surface area (Å²) in [4.78, 5) is 11.3. The van der Waals surface area contributed by atoms with Crippen LogP contribution in [0.2, 0.25) is 0 Å². The van der Waals surface area contributed by atoms with E-state index < -0.39 is 10.0 Å². The van der Waals surface area contributed by atoms with Crippen molar-refractivity contribution in [1.29, 1.82) is 0 Å². The molecule has 0 spiro atoms. The zero-order valence-corrected chi connectivity index (χ0v) is 20.4. The molecule has 0 unspecified atom stereocenters. The summed E-state index contributed by atoms with van der Waals surface area (Å²) in [5, 5.41) is 4.18. The third kappa shape index (κ3) is 4.39. The van der Waals surface area contributed by atoms with Gasteiger partial charge in [0.05, 0.1) is 20.6 Å². The van der Waals surface area contributed by atoms with Crippen LogP contribution in [0.5, 0.6) is 0 Å². The number of fused-ring (bicyclic) bond motifs is 1. The van der Waals surface area contributed by atoms with Gasteiger partial charge in [0.2, 0.25) is 5.95 Å². The van der Waals surface area contributed by atoms with Gasteiger partial charge in [0.15, 0.2) is 7.98 Å². The second-order valence-corrected chi connectivity index (χ2v) is 11.0. The smallest absolute Gasteiger partial charge is 0.267 e. The molecule has 33 heavy (non-hydrogen) atoms. The highest BCUT2D eigenvalue weighted by atomic mass is 79.9. The number of allylic oxidation sites excluding steroid dienone is 3. The van der Waals surface area contributed by atoms with Crippen molar-refractivity contribution in [2.75, 3.05) is 18.4 Å². The number of hydrogen-bond donors (Lipinski definition) is 1. The molecule has 0 amide bonds. The minimum Gasteiger partial charge on any atom is -0.352 e. The predicted octanol–water partition coefficient (Wildman–Crippen LogP) is 4.23. The van der Waals surface area contributed by atoms with Crippen LogP contribution in [0.3, 0.4) is 0 Å². The van der Waals surface area contributed by atoms with Crippen LogP contribution in [0.4, 0.5) is 5.95 Å². The number of rotatable bonds is 5. The van der Waals surface area contributed by atoms with Gasteiger partial charge in [-0.05, 0) is 60.3 Å². The van der Waals surface area contributed by atoms with Gasteiger partial charge in [-0.1, -0.05) is 30.4 Å². The van der Waals surface area contributed by atoms with Crippen LogP contribution in [0.1, 0.15) is 25.7 Å². The number of anilines is 1. The maximum atomic E-state index is 13.5. The standard InChI is InChI=1S/C23H23BBrN5O2S/c24-29-12-6-7-16(14-29)27-23-26-13-20(25)22(28-23)19-15-30(21-11-5-4-10-18(19)21)33(31,32)17-8-2-1-3-9-17/h2,4-5,8-11,13,15-16H,1,3,6-7,12,14H2,(H,26,27,28)/t16-/m1/s1. The normalized spacial score (nSPS) is 19.5.